The van der Waals surface area contributed by atoms with Crippen LogP contribution in [0.3, 0.4) is 0 Å². The lowest BCUT2D eigenvalue weighted by Crippen LogP contribution is -2.49. The molecule has 1 fully saturated rings. The van der Waals surface area contributed by atoms with Gasteiger partial charge in [0.1, 0.15) is 17.4 Å². The van der Waals surface area contributed by atoms with Gasteiger partial charge in [-0.1, -0.05) is 11.2 Å². The Hall–Kier alpha value is -3.42. The molecule has 138 valence electrons. The summed E-state index contributed by atoms with van der Waals surface area (Å²) in [6.45, 7) is 4.65. The quantitative estimate of drug-likeness (QED) is 0.761. The van der Waals surface area contributed by atoms with Crippen molar-refractivity contribution >= 4 is 23.4 Å². The fourth-order valence-corrected chi connectivity index (χ4v) is 3.05. The van der Waals surface area contributed by atoms with Crippen LogP contribution >= 0.6 is 0 Å². The monoisotopic (exact) mass is 364 g/mol. The number of carbonyl (C=O) groups excluding carboxylic acids is 1. The number of anilines is 3. The second kappa shape index (κ2) is 7.45. The lowest BCUT2D eigenvalue weighted by atomic mass is 10.2. The minimum absolute atomic E-state index is 0.00236. The van der Waals surface area contributed by atoms with E-state index in [9.17, 15) is 4.79 Å². The zero-order chi connectivity index (χ0) is 18.6. The SMILES string of the molecule is Cc1cc(Nc2cc(C(=O)N3CCN(c4ccccn4)CC3)ccn2)no1. The van der Waals surface area contributed by atoms with Gasteiger partial charge in [0, 0.05) is 50.2 Å². The largest absolute Gasteiger partial charge is 0.360 e. The van der Waals surface area contributed by atoms with E-state index in [-0.39, 0.29) is 5.91 Å². The first-order valence-electron chi connectivity index (χ1n) is 8.81. The number of rotatable bonds is 4. The summed E-state index contributed by atoms with van der Waals surface area (Å²) < 4.78 is 5.03. The first kappa shape index (κ1) is 17.0. The number of aromatic nitrogens is 3. The van der Waals surface area contributed by atoms with Gasteiger partial charge in [-0.15, -0.1) is 0 Å². The highest BCUT2D eigenvalue weighted by Gasteiger charge is 2.23. The van der Waals surface area contributed by atoms with Crippen LogP contribution in [0, 0.1) is 6.92 Å². The van der Waals surface area contributed by atoms with Crippen molar-refractivity contribution in [1.82, 2.24) is 20.0 Å². The van der Waals surface area contributed by atoms with E-state index in [1.165, 1.54) is 0 Å². The topological polar surface area (TPSA) is 87.4 Å². The fraction of sp³-hybridized carbons (Fsp3) is 0.263. The summed E-state index contributed by atoms with van der Waals surface area (Å²) in [6.07, 6.45) is 3.40. The molecular weight excluding hydrogens is 344 g/mol. The normalized spacial score (nSPS) is 14.3. The van der Waals surface area contributed by atoms with Crippen LogP contribution in [0.5, 0.6) is 0 Å². The number of nitrogens with one attached hydrogen (secondary N) is 1. The number of hydrogen-bond acceptors (Lipinski definition) is 7. The number of carbonyl (C=O) groups is 1. The molecular formula is C19H20N6O2. The molecule has 0 spiro atoms. The molecule has 0 aromatic carbocycles. The number of nitrogens with zero attached hydrogens (tertiary/aromatic N) is 5. The van der Waals surface area contributed by atoms with Gasteiger partial charge in [0.15, 0.2) is 5.82 Å². The Balaban J connectivity index is 1.40. The van der Waals surface area contributed by atoms with Crippen LogP contribution in [0.15, 0.2) is 53.3 Å². The Kier molecular flexibility index (Phi) is 4.69. The molecule has 1 aliphatic heterocycles. The molecule has 0 radical (unpaired) electrons. The molecule has 3 aromatic rings. The predicted molar refractivity (Wildman–Crippen MR) is 101 cm³/mol. The zero-order valence-corrected chi connectivity index (χ0v) is 15.0. The summed E-state index contributed by atoms with van der Waals surface area (Å²) in [6, 6.07) is 11.1. The second-order valence-corrected chi connectivity index (χ2v) is 6.34. The lowest BCUT2D eigenvalue weighted by Gasteiger charge is -2.35. The molecule has 0 unspecified atom stereocenters. The van der Waals surface area contributed by atoms with Gasteiger partial charge >= 0.3 is 0 Å². The Morgan fingerprint density at radius 3 is 2.59 bits per heavy atom. The molecule has 4 rings (SSSR count). The van der Waals surface area contributed by atoms with E-state index in [0.717, 1.165) is 18.9 Å². The predicted octanol–water partition coefficient (Wildman–Crippen LogP) is 2.48. The fourth-order valence-electron chi connectivity index (χ4n) is 3.05. The molecule has 1 amide bonds. The molecule has 4 heterocycles. The number of hydrogen-bond donors (Lipinski definition) is 1. The third-order valence-corrected chi connectivity index (χ3v) is 4.43. The van der Waals surface area contributed by atoms with Crippen molar-refractivity contribution in [2.45, 2.75) is 6.92 Å². The molecule has 0 aliphatic carbocycles. The molecule has 0 saturated carbocycles. The highest BCUT2D eigenvalue weighted by atomic mass is 16.5. The summed E-state index contributed by atoms with van der Waals surface area (Å²) in [4.78, 5) is 25.5. The van der Waals surface area contributed by atoms with Crippen molar-refractivity contribution in [1.29, 1.82) is 0 Å². The van der Waals surface area contributed by atoms with Crippen LogP contribution in [0.1, 0.15) is 16.1 Å². The maximum atomic E-state index is 12.9. The highest BCUT2D eigenvalue weighted by molar-refractivity contribution is 5.95. The van der Waals surface area contributed by atoms with E-state index in [1.807, 2.05) is 30.0 Å². The standard InChI is InChI=1S/C19H20N6O2/c1-14-12-17(23-27-14)22-16-13-15(5-7-20-16)19(26)25-10-8-24(9-11-25)18-4-2-3-6-21-18/h2-7,12-13H,8-11H2,1H3,(H,20,22,23). The summed E-state index contributed by atoms with van der Waals surface area (Å²) >= 11 is 0. The molecule has 8 heteroatoms. The van der Waals surface area contributed by atoms with E-state index in [2.05, 4.69) is 25.3 Å². The maximum Gasteiger partial charge on any atom is 0.254 e. The number of piperazine rings is 1. The molecule has 27 heavy (non-hydrogen) atoms. The van der Waals surface area contributed by atoms with Gasteiger partial charge in [0.2, 0.25) is 0 Å². The molecule has 0 atom stereocenters. The Morgan fingerprint density at radius 2 is 1.89 bits per heavy atom. The van der Waals surface area contributed by atoms with E-state index < -0.39 is 0 Å². The van der Waals surface area contributed by atoms with Gasteiger partial charge in [-0.2, -0.15) is 0 Å². The number of amides is 1. The van der Waals surface area contributed by atoms with E-state index in [0.29, 0.717) is 36.0 Å². The Labute approximate surface area is 156 Å². The molecule has 3 aromatic heterocycles. The number of pyridine rings is 2. The van der Waals surface area contributed by atoms with Gasteiger partial charge in [-0.05, 0) is 31.2 Å². The van der Waals surface area contributed by atoms with Crippen molar-refractivity contribution in [2.24, 2.45) is 0 Å². The van der Waals surface area contributed by atoms with E-state index in [4.69, 9.17) is 4.52 Å². The van der Waals surface area contributed by atoms with Crippen LogP contribution < -0.4 is 10.2 Å². The first-order chi connectivity index (χ1) is 13.2. The van der Waals surface area contributed by atoms with E-state index >= 15 is 0 Å². The average molecular weight is 364 g/mol. The minimum atomic E-state index is -0.00236. The smallest absolute Gasteiger partial charge is 0.254 e. The summed E-state index contributed by atoms with van der Waals surface area (Å²) in [5.41, 5.74) is 0.596. The van der Waals surface area contributed by atoms with Gasteiger partial charge in [-0.25, -0.2) is 9.97 Å². The molecule has 8 nitrogen and oxygen atoms in total. The van der Waals surface area contributed by atoms with Gasteiger partial charge < -0.3 is 19.6 Å². The van der Waals surface area contributed by atoms with Crippen molar-refractivity contribution in [3.8, 4) is 0 Å². The van der Waals surface area contributed by atoms with Crippen LogP contribution in [0.2, 0.25) is 0 Å². The lowest BCUT2D eigenvalue weighted by molar-refractivity contribution is 0.0746. The highest BCUT2D eigenvalue weighted by Crippen LogP contribution is 2.18. The second-order valence-electron chi connectivity index (χ2n) is 6.34. The summed E-state index contributed by atoms with van der Waals surface area (Å²) in [5, 5.41) is 6.93. The third-order valence-electron chi connectivity index (χ3n) is 4.43. The van der Waals surface area contributed by atoms with Gasteiger partial charge in [0.05, 0.1) is 0 Å². The van der Waals surface area contributed by atoms with Crippen LogP contribution in [0.25, 0.3) is 0 Å². The zero-order valence-electron chi connectivity index (χ0n) is 15.0. The summed E-state index contributed by atoms with van der Waals surface area (Å²) in [5.74, 6) is 2.77. The van der Waals surface area contributed by atoms with Gasteiger partial charge in [0.25, 0.3) is 5.91 Å². The first-order valence-corrected chi connectivity index (χ1v) is 8.81. The van der Waals surface area contributed by atoms with Crippen molar-refractivity contribution in [2.75, 3.05) is 36.4 Å². The third kappa shape index (κ3) is 3.89. The van der Waals surface area contributed by atoms with Crippen LogP contribution in [0.4, 0.5) is 17.5 Å². The molecule has 1 N–H and O–H groups in total. The Bertz CT molecular complexity index is 919. The molecule has 0 bridgehead atoms. The summed E-state index contributed by atoms with van der Waals surface area (Å²) in [7, 11) is 0. The van der Waals surface area contributed by atoms with Crippen molar-refractivity contribution < 1.29 is 9.32 Å². The van der Waals surface area contributed by atoms with Crippen molar-refractivity contribution in [3.05, 3.63) is 60.1 Å². The molecule has 1 aliphatic rings. The van der Waals surface area contributed by atoms with Crippen LogP contribution in [-0.4, -0.2) is 52.1 Å². The maximum absolute atomic E-state index is 12.9. The molecule has 1 saturated heterocycles. The average Bonchev–Trinajstić information content (AvgIpc) is 3.13. The van der Waals surface area contributed by atoms with E-state index in [1.54, 1.807) is 30.6 Å². The number of aryl methyl sites for hydroxylation is 1. The van der Waals surface area contributed by atoms with Crippen LogP contribution in [-0.2, 0) is 0 Å². The minimum Gasteiger partial charge on any atom is -0.360 e. The Morgan fingerprint density at radius 1 is 1.04 bits per heavy atom. The van der Waals surface area contributed by atoms with Crippen molar-refractivity contribution in [3.63, 3.8) is 0 Å². The van der Waals surface area contributed by atoms with Gasteiger partial charge in [-0.3, -0.25) is 4.79 Å².